The lowest BCUT2D eigenvalue weighted by Crippen LogP contribution is -2.41. The first kappa shape index (κ1) is 13.9. The van der Waals surface area contributed by atoms with Crippen LogP contribution in [0.15, 0.2) is 23.1 Å². The van der Waals surface area contributed by atoms with Crippen LogP contribution in [0.25, 0.3) is 0 Å². The maximum Gasteiger partial charge on any atom is 0.335 e. The third-order valence-electron chi connectivity index (χ3n) is 2.77. The van der Waals surface area contributed by atoms with E-state index in [0.717, 1.165) is 22.5 Å². The van der Waals surface area contributed by atoms with Crippen LogP contribution < -0.4 is 0 Å². The zero-order chi connectivity index (χ0) is 14.0. The van der Waals surface area contributed by atoms with Crippen molar-refractivity contribution in [1.82, 2.24) is 4.31 Å². The Balaban J connectivity index is 2.44. The molecule has 19 heavy (non-hydrogen) atoms. The van der Waals surface area contributed by atoms with Crippen molar-refractivity contribution < 1.29 is 27.4 Å². The summed E-state index contributed by atoms with van der Waals surface area (Å²) in [7, 11) is -4.03. The number of benzene rings is 1. The maximum atomic E-state index is 13.7. The van der Waals surface area contributed by atoms with Crippen molar-refractivity contribution in [3.8, 4) is 0 Å². The number of carboxylic acids is 1. The predicted molar refractivity (Wildman–Crippen MR) is 62.9 cm³/mol. The molecule has 1 N–H and O–H groups in total. The van der Waals surface area contributed by atoms with Crippen molar-refractivity contribution in [1.29, 1.82) is 0 Å². The molecule has 0 saturated carbocycles. The molecule has 8 heteroatoms. The number of carboxylic acid groups (broad SMARTS) is 1. The molecule has 1 heterocycles. The van der Waals surface area contributed by atoms with Crippen LogP contribution in [0.1, 0.15) is 10.4 Å². The van der Waals surface area contributed by atoms with Crippen LogP contribution in [0.5, 0.6) is 0 Å². The van der Waals surface area contributed by atoms with Gasteiger partial charge in [0.2, 0.25) is 10.0 Å². The van der Waals surface area contributed by atoms with Crippen LogP contribution in [-0.4, -0.2) is 50.1 Å². The number of hydrogen-bond acceptors (Lipinski definition) is 4. The lowest BCUT2D eigenvalue weighted by atomic mass is 10.2. The van der Waals surface area contributed by atoms with E-state index >= 15 is 0 Å². The smallest absolute Gasteiger partial charge is 0.335 e. The Labute approximate surface area is 109 Å². The highest BCUT2D eigenvalue weighted by Crippen LogP contribution is 2.21. The summed E-state index contributed by atoms with van der Waals surface area (Å²) in [6, 6.07) is 2.70. The Morgan fingerprint density at radius 2 is 1.95 bits per heavy atom. The topological polar surface area (TPSA) is 83.9 Å². The molecule has 0 amide bonds. The molecule has 0 aliphatic carbocycles. The standard InChI is InChI=1S/C11H12FNO5S/c12-9-2-1-8(11(14)15)7-10(9)19(16,17)13-3-5-18-6-4-13/h1-2,7H,3-6H2,(H,14,15). The van der Waals surface area contributed by atoms with Crippen LogP contribution in [-0.2, 0) is 14.8 Å². The first-order chi connectivity index (χ1) is 8.93. The van der Waals surface area contributed by atoms with Gasteiger partial charge < -0.3 is 9.84 Å². The highest BCUT2D eigenvalue weighted by atomic mass is 32.2. The van der Waals surface area contributed by atoms with Crippen molar-refractivity contribution in [2.45, 2.75) is 4.90 Å². The lowest BCUT2D eigenvalue weighted by Gasteiger charge is -2.26. The van der Waals surface area contributed by atoms with E-state index < -0.39 is 26.7 Å². The van der Waals surface area contributed by atoms with Gasteiger partial charge in [0, 0.05) is 13.1 Å². The molecular formula is C11H12FNO5S. The largest absolute Gasteiger partial charge is 0.478 e. The number of aromatic carboxylic acids is 1. The van der Waals surface area contributed by atoms with Crippen LogP contribution in [0.2, 0.25) is 0 Å². The van der Waals surface area contributed by atoms with Gasteiger partial charge in [-0.3, -0.25) is 0 Å². The van der Waals surface area contributed by atoms with Crippen molar-refractivity contribution in [2.24, 2.45) is 0 Å². The molecule has 0 radical (unpaired) electrons. The fourth-order valence-corrected chi connectivity index (χ4v) is 3.26. The molecule has 6 nitrogen and oxygen atoms in total. The summed E-state index contributed by atoms with van der Waals surface area (Å²) in [5, 5.41) is 8.83. The quantitative estimate of drug-likeness (QED) is 0.878. The average Bonchev–Trinajstić information content (AvgIpc) is 2.39. The maximum absolute atomic E-state index is 13.7. The number of sulfonamides is 1. The van der Waals surface area contributed by atoms with E-state index in [2.05, 4.69) is 0 Å². The van der Waals surface area contributed by atoms with E-state index in [1.165, 1.54) is 0 Å². The van der Waals surface area contributed by atoms with Crippen molar-refractivity contribution in [2.75, 3.05) is 26.3 Å². The molecule has 1 aliphatic heterocycles. The van der Waals surface area contributed by atoms with Gasteiger partial charge in [0.25, 0.3) is 0 Å². The Bertz CT molecular complexity index is 595. The second kappa shape index (κ2) is 5.24. The first-order valence-corrected chi connectivity index (χ1v) is 6.97. The summed E-state index contributed by atoms with van der Waals surface area (Å²) in [6.45, 7) is 0.719. The fraction of sp³-hybridized carbons (Fsp3) is 0.364. The summed E-state index contributed by atoms with van der Waals surface area (Å²) in [5.41, 5.74) is -0.270. The highest BCUT2D eigenvalue weighted by molar-refractivity contribution is 7.89. The van der Waals surface area contributed by atoms with E-state index in [-0.39, 0.29) is 31.9 Å². The van der Waals surface area contributed by atoms with Gasteiger partial charge in [-0.25, -0.2) is 17.6 Å². The van der Waals surface area contributed by atoms with Crippen LogP contribution in [0.4, 0.5) is 4.39 Å². The minimum atomic E-state index is -4.03. The second-order valence-corrected chi connectivity index (χ2v) is 5.87. The van der Waals surface area contributed by atoms with Gasteiger partial charge in [-0.2, -0.15) is 4.31 Å². The molecule has 0 unspecified atom stereocenters. The molecule has 0 spiro atoms. The second-order valence-electron chi connectivity index (χ2n) is 3.97. The fourth-order valence-electron chi connectivity index (χ4n) is 1.76. The van der Waals surface area contributed by atoms with Gasteiger partial charge in [-0.15, -0.1) is 0 Å². The van der Waals surface area contributed by atoms with E-state index in [4.69, 9.17) is 9.84 Å². The Kier molecular flexibility index (Phi) is 3.83. The van der Waals surface area contributed by atoms with E-state index in [0.29, 0.717) is 0 Å². The molecule has 1 saturated heterocycles. The zero-order valence-corrected chi connectivity index (χ0v) is 10.7. The highest BCUT2D eigenvalue weighted by Gasteiger charge is 2.29. The molecule has 0 atom stereocenters. The summed E-state index contributed by atoms with van der Waals surface area (Å²) in [6.07, 6.45) is 0. The number of rotatable bonds is 3. The Morgan fingerprint density at radius 1 is 1.32 bits per heavy atom. The summed E-state index contributed by atoms with van der Waals surface area (Å²) in [5.74, 6) is -2.27. The molecule has 104 valence electrons. The molecule has 1 aliphatic rings. The number of hydrogen-bond donors (Lipinski definition) is 1. The Morgan fingerprint density at radius 3 is 2.53 bits per heavy atom. The van der Waals surface area contributed by atoms with Crippen molar-refractivity contribution in [3.63, 3.8) is 0 Å². The average molecular weight is 289 g/mol. The molecule has 1 aromatic carbocycles. The molecule has 1 fully saturated rings. The molecular weight excluding hydrogens is 277 g/mol. The van der Waals surface area contributed by atoms with Gasteiger partial charge in [0.05, 0.1) is 18.8 Å². The normalized spacial score (nSPS) is 17.3. The van der Waals surface area contributed by atoms with Crippen LogP contribution in [0.3, 0.4) is 0 Å². The van der Waals surface area contributed by atoms with Gasteiger partial charge in [-0.05, 0) is 18.2 Å². The number of nitrogens with zero attached hydrogens (tertiary/aromatic N) is 1. The summed E-state index contributed by atoms with van der Waals surface area (Å²) in [4.78, 5) is 10.2. The molecule has 0 bridgehead atoms. The van der Waals surface area contributed by atoms with Crippen LogP contribution >= 0.6 is 0 Å². The van der Waals surface area contributed by atoms with Crippen molar-refractivity contribution in [3.05, 3.63) is 29.6 Å². The zero-order valence-electron chi connectivity index (χ0n) is 9.87. The third-order valence-corrected chi connectivity index (χ3v) is 4.68. The van der Waals surface area contributed by atoms with Gasteiger partial charge >= 0.3 is 5.97 Å². The van der Waals surface area contributed by atoms with Crippen molar-refractivity contribution >= 4 is 16.0 Å². The molecule has 0 aromatic heterocycles. The van der Waals surface area contributed by atoms with E-state index in [9.17, 15) is 17.6 Å². The SMILES string of the molecule is O=C(O)c1ccc(F)c(S(=O)(=O)N2CCOCC2)c1. The van der Waals surface area contributed by atoms with Gasteiger partial charge in [0.15, 0.2) is 0 Å². The molecule has 2 rings (SSSR count). The monoisotopic (exact) mass is 289 g/mol. The number of carbonyl (C=O) groups is 1. The van der Waals surface area contributed by atoms with Gasteiger partial charge in [0.1, 0.15) is 10.7 Å². The third kappa shape index (κ3) is 2.75. The van der Waals surface area contributed by atoms with Crippen LogP contribution in [0, 0.1) is 5.82 Å². The van der Waals surface area contributed by atoms with E-state index in [1.807, 2.05) is 0 Å². The Hall–Kier alpha value is -1.51. The lowest BCUT2D eigenvalue weighted by molar-refractivity contribution is 0.0695. The summed E-state index contributed by atoms with van der Waals surface area (Å²) < 4.78 is 44.2. The minimum Gasteiger partial charge on any atom is -0.478 e. The predicted octanol–water partition coefficient (Wildman–Crippen LogP) is 0.545. The van der Waals surface area contributed by atoms with Gasteiger partial charge in [-0.1, -0.05) is 0 Å². The number of morpholine rings is 1. The minimum absolute atomic E-state index is 0.124. The molecule has 1 aromatic rings. The van der Waals surface area contributed by atoms with E-state index in [1.54, 1.807) is 0 Å². The first-order valence-electron chi connectivity index (χ1n) is 5.53. The summed E-state index contributed by atoms with van der Waals surface area (Å²) >= 11 is 0. The number of ether oxygens (including phenoxy) is 1. The number of halogens is 1.